The molecule has 0 aliphatic rings. The maximum absolute atomic E-state index is 12.5. The Bertz CT molecular complexity index is 230. The first-order valence-corrected chi connectivity index (χ1v) is 7.08. The number of nitrogens with two attached hydrogens (primary N) is 1. The van der Waals surface area contributed by atoms with Crippen LogP contribution in [0.3, 0.4) is 0 Å². The van der Waals surface area contributed by atoms with Gasteiger partial charge < -0.3 is 15.4 Å². The molecule has 108 valence electrons. The Kier molecular flexibility index (Phi) is 9.02. The van der Waals surface area contributed by atoms with E-state index in [9.17, 15) is 4.79 Å². The Hall–Kier alpha value is -0.610. The van der Waals surface area contributed by atoms with E-state index in [2.05, 4.69) is 20.8 Å². The Labute approximate surface area is 112 Å². The van der Waals surface area contributed by atoms with Crippen LogP contribution in [0.4, 0.5) is 0 Å². The summed E-state index contributed by atoms with van der Waals surface area (Å²) in [6, 6.07) is -0.129. The second-order valence-corrected chi connectivity index (χ2v) is 4.91. The van der Waals surface area contributed by atoms with Crippen LogP contribution in [-0.4, -0.2) is 43.2 Å². The number of hydrogen-bond donors (Lipinski definition) is 1. The van der Waals surface area contributed by atoms with Gasteiger partial charge in [-0.1, -0.05) is 34.1 Å². The Morgan fingerprint density at radius 2 is 1.78 bits per heavy atom. The number of amides is 1. The van der Waals surface area contributed by atoms with Crippen molar-refractivity contribution in [3.05, 3.63) is 0 Å². The molecule has 2 atom stereocenters. The lowest BCUT2D eigenvalue weighted by molar-refractivity contribution is -0.137. The number of carbonyl (C=O) groups excluding carboxylic acids is 1. The number of methoxy groups -OCH3 is 1. The van der Waals surface area contributed by atoms with E-state index in [0.29, 0.717) is 13.2 Å². The molecule has 2 N–H and O–H groups in total. The van der Waals surface area contributed by atoms with Crippen molar-refractivity contribution in [1.82, 2.24) is 4.90 Å². The van der Waals surface area contributed by atoms with Crippen molar-refractivity contribution < 1.29 is 9.53 Å². The van der Waals surface area contributed by atoms with Crippen LogP contribution in [-0.2, 0) is 9.53 Å². The summed E-state index contributed by atoms with van der Waals surface area (Å²) in [5, 5.41) is 0. The predicted molar refractivity (Wildman–Crippen MR) is 75.4 cm³/mol. The Morgan fingerprint density at radius 1 is 1.22 bits per heavy atom. The molecule has 0 aliphatic heterocycles. The number of hydrogen-bond acceptors (Lipinski definition) is 3. The van der Waals surface area contributed by atoms with Gasteiger partial charge in [-0.15, -0.1) is 0 Å². The van der Waals surface area contributed by atoms with E-state index in [4.69, 9.17) is 10.5 Å². The SMILES string of the molecule is CCC(C)[C@H](N)C(=O)N(CCOC)C(CC)CC. The minimum atomic E-state index is -0.396. The molecule has 4 nitrogen and oxygen atoms in total. The molecule has 0 aromatic rings. The summed E-state index contributed by atoms with van der Waals surface area (Å²) in [7, 11) is 1.66. The second-order valence-electron chi connectivity index (χ2n) is 4.91. The Morgan fingerprint density at radius 3 is 2.17 bits per heavy atom. The van der Waals surface area contributed by atoms with Crippen LogP contribution in [0.25, 0.3) is 0 Å². The van der Waals surface area contributed by atoms with Gasteiger partial charge in [0.1, 0.15) is 0 Å². The van der Waals surface area contributed by atoms with Gasteiger partial charge in [0.15, 0.2) is 0 Å². The minimum absolute atomic E-state index is 0.0649. The number of nitrogens with zero attached hydrogens (tertiary/aromatic N) is 1. The van der Waals surface area contributed by atoms with E-state index in [1.54, 1.807) is 7.11 Å². The van der Waals surface area contributed by atoms with Crippen LogP contribution in [0.2, 0.25) is 0 Å². The zero-order chi connectivity index (χ0) is 14.1. The molecule has 0 saturated carbocycles. The fraction of sp³-hybridized carbons (Fsp3) is 0.929. The van der Waals surface area contributed by atoms with Gasteiger partial charge in [-0.25, -0.2) is 0 Å². The maximum Gasteiger partial charge on any atom is 0.240 e. The summed E-state index contributed by atoms with van der Waals surface area (Å²) < 4.78 is 5.09. The molecule has 0 aromatic heterocycles. The van der Waals surface area contributed by atoms with Crippen molar-refractivity contribution in [2.75, 3.05) is 20.3 Å². The highest BCUT2D eigenvalue weighted by atomic mass is 16.5. The molecule has 18 heavy (non-hydrogen) atoms. The molecule has 0 bridgehead atoms. The van der Waals surface area contributed by atoms with E-state index in [1.165, 1.54) is 0 Å². The number of rotatable bonds is 9. The van der Waals surface area contributed by atoms with Gasteiger partial charge >= 0.3 is 0 Å². The summed E-state index contributed by atoms with van der Waals surface area (Å²) >= 11 is 0. The molecule has 0 aliphatic carbocycles. The molecule has 0 heterocycles. The zero-order valence-corrected chi connectivity index (χ0v) is 12.6. The lowest BCUT2D eigenvalue weighted by atomic mass is 9.97. The molecule has 1 amide bonds. The highest BCUT2D eigenvalue weighted by Gasteiger charge is 2.28. The first kappa shape index (κ1) is 17.4. The highest BCUT2D eigenvalue weighted by Crippen LogP contribution is 2.14. The molecule has 0 saturated heterocycles. The highest BCUT2D eigenvalue weighted by molar-refractivity contribution is 5.82. The lowest BCUT2D eigenvalue weighted by Crippen LogP contribution is -2.51. The van der Waals surface area contributed by atoms with Crippen LogP contribution in [0.15, 0.2) is 0 Å². The molecular weight excluding hydrogens is 228 g/mol. The van der Waals surface area contributed by atoms with Crippen LogP contribution < -0.4 is 5.73 Å². The molecule has 0 radical (unpaired) electrons. The van der Waals surface area contributed by atoms with E-state index < -0.39 is 6.04 Å². The molecule has 4 heteroatoms. The quantitative estimate of drug-likeness (QED) is 0.688. The first-order chi connectivity index (χ1) is 8.53. The average molecular weight is 258 g/mol. The summed E-state index contributed by atoms with van der Waals surface area (Å²) in [4.78, 5) is 14.4. The topological polar surface area (TPSA) is 55.6 Å². The lowest BCUT2D eigenvalue weighted by Gasteiger charge is -2.33. The van der Waals surface area contributed by atoms with Crippen LogP contribution in [0.5, 0.6) is 0 Å². The van der Waals surface area contributed by atoms with Crippen molar-refractivity contribution in [2.24, 2.45) is 11.7 Å². The summed E-state index contributed by atoms with van der Waals surface area (Å²) in [6.45, 7) is 9.51. The number of carbonyl (C=O) groups is 1. The van der Waals surface area contributed by atoms with E-state index in [1.807, 2.05) is 11.8 Å². The third-order valence-electron chi connectivity index (χ3n) is 3.74. The van der Waals surface area contributed by atoms with Crippen molar-refractivity contribution >= 4 is 5.91 Å². The minimum Gasteiger partial charge on any atom is -0.383 e. The van der Waals surface area contributed by atoms with Gasteiger partial charge in [0.2, 0.25) is 5.91 Å². The monoisotopic (exact) mass is 258 g/mol. The number of ether oxygens (including phenoxy) is 1. The summed E-state index contributed by atoms with van der Waals surface area (Å²) in [5.74, 6) is 0.284. The molecule has 1 unspecified atom stereocenters. The third kappa shape index (κ3) is 4.94. The van der Waals surface area contributed by atoms with Crippen molar-refractivity contribution in [1.29, 1.82) is 0 Å². The molecule has 0 aromatic carbocycles. The van der Waals surface area contributed by atoms with Gasteiger partial charge in [0, 0.05) is 19.7 Å². The largest absolute Gasteiger partial charge is 0.383 e. The van der Waals surface area contributed by atoms with Gasteiger partial charge in [-0.3, -0.25) is 4.79 Å². The van der Waals surface area contributed by atoms with Crippen LogP contribution in [0.1, 0.15) is 47.0 Å². The van der Waals surface area contributed by atoms with Gasteiger partial charge in [-0.2, -0.15) is 0 Å². The summed E-state index contributed by atoms with van der Waals surface area (Å²) in [5.41, 5.74) is 6.06. The van der Waals surface area contributed by atoms with Gasteiger partial charge in [0.25, 0.3) is 0 Å². The molecule has 0 rings (SSSR count). The fourth-order valence-corrected chi connectivity index (χ4v) is 2.08. The van der Waals surface area contributed by atoms with E-state index in [-0.39, 0.29) is 17.9 Å². The van der Waals surface area contributed by atoms with Gasteiger partial charge in [0.05, 0.1) is 12.6 Å². The molecule has 0 spiro atoms. The normalized spacial score (nSPS) is 14.6. The van der Waals surface area contributed by atoms with Crippen molar-refractivity contribution in [2.45, 2.75) is 59.0 Å². The first-order valence-electron chi connectivity index (χ1n) is 7.08. The molecule has 0 fully saturated rings. The smallest absolute Gasteiger partial charge is 0.240 e. The van der Waals surface area contributed by atoms with Crippen molar-refractivity contribution in [3.63, 3.8) is 0 Å². The molecular formula is C14H30N2O2. The Balaban J connectivity index is 4.77. The van der Waals surface area contributed by atoms with E-state index >= 15 is 0 Å². The zero-order valence-electron chi connectivity index (χ0n) is 12.6. The third-order valence-corrected chi connectivity index (χ3v) is 3.74. The summed E-state index contributed by atoms with van der Waals surface area (Å²) in [6.07, 6.45) is 2.84. The average Bonchev–Trinajstić information content (AvgIpc) is 2.40. The fourth-order valence-electron chi connectivity index (χ4n) is 2.08. The van der Waals surface area contributed by atoms with Crippen molar-refractivity contribution in [3.8, 4) is 0 Å². The van der Waals surface area contributed by atoms with Crippen LogP contribution >= 0.6 is 0 Å². The van der Waals surface area contributed by atoms with Crippen LogP contribution in [0, 0.1) is 5.92 Å². The predicted octanol–water partition coefficient (Wildman–Crippen LogP) is 2.02. The second kappa shape index (κ2) is 9.34. The van der Waals surface area contributed by atoms with E-state index in [0.717, 1.165) is 19.3 Å². The maximum atomic E-state index is 12.5. The van der Waals surface area contributed by atoms with Gasteiger partial charge in [-0.05, 0) is 18.8 Å². The standard InChI is InChI=1S/C14H30N2O2/c1-6-11(4)13(15)14(17)16(9-10-18-5)12(7-2)8-3/h11-13H,6-10,15H2,1-5H3/t11?,13-/m0/s1.